The van der Waals surface area contributed by atoms with E-state index >= 15 is 0 Å². The molecule has 0 unspecified atom stereocenters. The largest absolute Gasteiger partial charge is 0.388 e. The summed E-state index contributed by atoms with van der Waals surface area (Å²) in [5.41, 5.74) is 52.8. The molecule has 0 aliphatic carbocycles. The number of hydrogen-bond donors (Lipinski definition) is 21. The van der Waals surface area contributed by atoms with Crippen molar-refractivity contribution in [2.45, 2.75) is 275 Å². The Balaban J connectivity index is 2.46. The minimum absolute atomic E-state index is 0.0136. The van der Waals surface area contributed by atoms with Gasteiger partial charge in [0.15, 0.2) is 0 Å². The van der Waals surface area contributed by atoms with Crippen molar-refractivity contribution >= 4 is 124 Å². The lowest BCUT2D eigenvalue weighted by molar-refractivity contribution is -0.135. The van der Waals surface area contributed by atoms with Crippen LogP contribution in [-0.2, 0) is 47.9 Å². The van der Waals surface area contributed by atoms with Crippen LogP contribution in [0.25, 0.3) is 0 Å². The molecule has 12 atom stereocenters. The first-order chi connectivity index (χ1) is 54.1. The second kappa shape index (κ2) is 57.1. The normalized spacial score (nSPS) is 18.0. The van der Waals surface area contributed by atoms with E-state index < -0.39 is 108 Å². The molecule has 2 aliphatic rings. The van der Waals surface area contributed by atoms with Crippen molar-refractivity contribution in [2.75, 3.05) is 71.7 Å². The number of thioether (sulfide) groups is 1. The van der Waals surface area contributed by atoms with Crippen molar-refractivity contribution in [3.63, 3.8) is 0 Å². The number of aliphatic imine (C=N–C) groups is 8. The highest BCUT2D eigenvalue weighted by atomic mass is 32.2. The van der Waals surface area contributed by atoms with Crippen LogP contribution in [0.4, 0.5) is 4.79 Å². The van der Waals surface area contributed by atoms with Crippen LogP contribution in [0.5, 0.6) is 0 Å². The van der Waals surface area contributed by atoms with E-state index in [1.807, 2.05) is 0 Å². The van der Waals surface area contributed by atoms with Gasteiger partial charge in [0.2, 0.25) is 59.1 Å². The molecule has 0 aromatic carbocycles. The van der Waals surface area contributed by atoms with Gasteiger partial charge >= 0.3 is 6.03 Å². The van der Waals surface area contributed by atoms with E-state index in [-0.39, 0.29) is 202 Å². The molecule has 0 bridgehead atoms. The lowest BCUT2D eigenvalue weighted by Crippen LogP contribution is -2.59. The number of nitrogens with zero attached hydrogens (tertiary/aromatic N) is 8. The second-order valence-electron chi connectivity index (χ2n) is 28.7. The van der Waals surface area contributed by atoms with E-state index in [1.165, 1.54) is 7.05 Å². The zero-order valence-corrected chi connectivity index (χ0v) is 69.3. The fourth-order valence-electron chi connectivity index (χ4n) is 12.1. The molecule has 2 fully saturated rings. The topological polar surface area (TPSA) is 665 Å². The fraction of sp³-hybridized carbons (Fsp3) is 0.740. The Morgan fingerprint density at radius 2 is 0.640 bits per heavy atom. The average Bonchev–Trinajstić information content (AvgIpc) is 1.63. The van der Waals surface area contributed by atoms with Crippen LogP contribution in [0, 0.1) is 0 Å². The summed E-state index contributed by atoms with van der Waals surface area (Å²) in [4.78, 5) is 188. The van der Waals surface area contributed by atoms with Gasteiger partial charge in [-0.3, -0.25) is 87.9 Å². The lowest BCUT2D eigenvalue weighted by Gasteiger charge is -2.27. The quantitative estimate of drug-likeness (QED) is 0.0127. The number of amidine groups is 8. The zero-order chi connectivity index (χ0) is 85.1. The molecule has 2 rings (SSSR count). The van der Waals surface area contributed by atoms with Gasteiger partial charge in [0, 0.05) is 83.4 Å². The summed E-state index contributed by atoms with van der Waals surface area (Å²) in [6, 6.07) is -10.9. The molecule has 2 saturated heterocycles. The predicted octanol–water partition coefficient (Wildman–Crippen LogP) is -2.79. The number of likely N-dealkylation sites (N-methyl/N-ethyl adjacent to an activating group) is 1. The predicted molar refractivity (Wildman–Crippen MR) is 449 cm³/mol. The Hall–Kier alpha value is -9.96. The molecule has 644 valence electrons. The minimum atomic E-state index is -1.37. The van der Waals surface area contributed by atoms with Crippen LogP contribution in [0.15, 0.2) is 39.9 Å². The molecular formula is C73H135N29O11S. The molecule has 2 heterocycles. The van der Waals surface area contributed by atoms with Gasteiger partial charge in [0.05, 0.1) is 64.8 Å². The Morgan fingerprint density at radius 3 is 0.956 bits per heavy atom. The molecule has 0 radical (unpaired) electrons. The van der Waals surface area contributed by atoms with E-state index in [9.17, 15) is 52.7 Å². The van der Waals surface area contributed by atoms with Crippen molar-refractivity contribution in [3.8, 4) is 0 Å². The van der Waals surface area contributed by atoms with Gasteiger partial charge in [-0.1, -0.05) is 6.42 Å². The van der Waals surface area contributed by atoms with Crippen molar-refractivity contribution < 1.29 is 52.7 Å². The molecule has 30 N–H and O–H groups in total. The number of carbonyl (C=O) groups excluding carboxylic acids is 11. The first-order valence-corrected chi connectivity index (χ1v) is 40.6. The maximum atomic E-state index is 14.8. The summed E-state index contributed by atoms with van der Waals surface area (Å²) in [6.45, 7) is 14.6. The summed E-state index contributed by atoms with van der Waals surface area (Å²) >= 11 is 1.78. The number of unbranched alkanes of at least 4 members (excludes halogenated alkanes) is 2. The van der Waals surface area contributed by atoms with Gasteiger partial charge in [0.25, 0.3) is 0 Å². The SMILES string of the molecule is CNC(=O)[C@H](CCCCNC(=O)[C@H](CCCN=C(C)N)NC(=O)[C@H](CCCN=C(C)N)NC(=O)[C@H](CCCN=C(C)N)NC(=O)[C@H](CCCN=C(C)N)NC(=O)[C@H](CCCN=C(C)N)NC(=O)[C@@H](N)CCCN=C(C)N)NC(=O)[C@H](CCCN=C(C)N)NC(=O)[C@H](CCCN=C(C)N)NC(=O)CCCC[C@@H]1SC[C@@H]2NC(=O)N[C@@H]21. The van der Waals surface area contributed by atoms with Crippen molar-refractivity contribution in [2.24, 2.45) is 91.5 Å². The molecule has 114 heavy (non-hydrogen) atoms. The Bertz CT molecular complexity index is 3300. The number of rotatable bonds is 59. The van der Waals surface area contributed by atoms with Crippen LogP contribution in [0.2, 0.25) is 0 Å². The third kappa shape index (κ3) is 45.1. The highest BCUT2D eigenvalue weighted by molar-refractivity contribution is 8.00. The minimum Gasteiger partial charge on any atom is -0.388 e. The Labute approximate surface area is 675 Å². The van der Waals surface area contributed by atoms with Crippen LogP contribution in [-0.4, -0.2) is 255 Å². The maximum Gasteiger partial charge on any atom is 0.315 e. The molecule has 0 aromatic rings. The molecule has 0 spiro atoms. The molecule has 0 saturated carbocycles. The molecule has 40 nitrogen and oxygen atoms in total. The standard InChI is InChI=1S/C73H135N29O11S/c1-43(74)84-34-14-22-51(82)64(104)94-55(26-17-37-87-46(4)77)68(108)98-58(29-20-40-90-49(7)80)71(111)100-59(30-21-41-91-50(8)81)72(112)99-57(28-19-39-89-48(6)79)70(110)96-53(24-15-35-85-44(2)75)66(106)92-33-13-12-23-52(65(105)83-9)95-69(109)56(27-18-38-88-47(5)78)97-67(107)54(25-16-36-86-45(3)76)93-62(103)32-11-10-31-61-63-60(42-114-61)101-73(113)102-63/h51-61,63H,10-42,82H2,1-9H3,(H2,74,84)(H2,75,85)(H2,76,86)(H2,77,87)(H2,78,88)(H2,79,89)(H2,80,90)(H2,81,91)(H,83,105)(H,92,106)(H,93,103)(H,94,104)(H,95,109)(H,96,110)(H,97,107)(H,98,108)(H,99,112)(H,100,111)(H2,101,102,113)/t51-,52-,53-,54-,55-,56-,57-,58-,59-,60-,61-,63-/m0/s1. The summed E-state index contributed by atoms with van der Waals surface area (Å²) in [5.74, 6) is -3.28. The molecular weight excluding hydrogens is 1490 g/mol. The van der Waals surface area contributed by atoms with E-state index in [2.05, 4.69) is 104 Å². The molecule has 0 aromatic heterocycles. The van der Waals surface area contributed by atoms with Gasteiger partial charge in [-0.15, -0.1) is 0 Å². The van der Waals surface area contributed by atoms with E-state index in [1.54, 1.807) is 67.2 Å². The van der Waals surface area contributed by atoms with Gasteiger partial charge in [0.1, 0.15) is 48.3 Å². The van der Waals surface area contributed by atoms with Crippen LogP contribution in [0.3, 0.4) is 0 Å². The molecule has 12 amide bonds. The van der Waals surface area contributed by atoms with Crippen molar-refractivity contribution in [1.29, 1.82) is 0 Å². The Kier molecular flexibility index (Phi) is 50.2. The van der Waals surface area contributed by atoms with Gasteiger partial charge in [-0.2, -0.15) is 11.8 Å². The monoisotopic (exact) mass is 1630 g/mol. The number of amides is 12. The zero-order valence-electron chi connectivity index (χ0n) is 68.4. The second-order valence-corrected chi connectivity index (χ2v) is 30.0. The summed E-state index contributed by atoms with van der Waals surface area (Å²) in [7, 11) is 1.41. The van der Waals surface area contributed by atoms with Crippen molar-refractivity contribution in [1.82, 2.24) is 63.8 Å². The highest BCUT2D eigenvalue weighted by Gasteiger charge is 2.43. The maximum absolute atomic E-state index is 14.8. The van der Waals surface area contributed by atoms with E-state index in [0.29, 0.717) is 74.2 Å². The van der Waals surface area contributed by atoms with E-state index in [0.717, 1.165) is 12.2 Å². The van der Waals surface area contributed by atoms with Gasteiger partial charge < -0.3 is 115 Å². The number of urea groups is 1. The van der Waals surface area contributed by atoms with Crippen LogP contribution < -0.4 is 115 Å². The number of fused-ring (bicyclic) bond motifs is 1. The first kappa shape index (κ1) is 100. The molecule has 2 aliphatic heterocycles. The molecule has 41 heteroatoms. The number of nitrogens with one attached hydrogen (secondary N) is 12. The first-order valence-electron chi connectivity index (χ1n) is 39.6. The fourth-order valence-corrected chi connectivity index (χ4v) is 13.7. The average molecular weight is 1630 g/mol. The highest BCUT2D eigenvalue weighted by Crippen LogP contribution is 2.33. The van der Waals surface area contributed by atoms with Gasteiger partial charge in [-0.25, -0.2) is 4.79 Å². The third-order valence-corrected chi connectivity index (χ3v) is 19.6. The Morgan fingerprint density at radius 1 is 0.360 bits per heavy atom. The lowest BCUT2D eigenvalue weighted by atomic mass is 10.0. The smallest absolute Gasteiger partial charge is 0.315 e. The third-order valence-electron chi connectivity index (χ3n) is 18.1. The summed E-state index contributed by atoms with van der Waals surface area (Å²) < 4.78 is 0. The number of carbonyl (C=O) groups is 11. The van der Waals surface area contributed by atoms with E-state index in [4.69, 9.17) is 51.6 Å². The number of nitrogens with two attached hydrogens (primary N) is 9. The number of hydrogen-bond acceptors (Lipinski definition) is 21. The van der Waals surface area contributed by atoms with Gasteiger partial charge in [-0.05, 0) is 190 Å². The van der Waals surface area contributed by atoms with Crippen LogP contribution in [0.1, 0.15) is 203 Å². The summed E-state index contributed by atoms with van der Waals surface area (Å²) in [6.07, 6.45) is 5.59. The summed E-state index contributed by atoms with van der Waals surface area (Å²) in [5, 5.41) is 34.0. The van der Waals surface area contributed by atoms with Crippen LogP contribution >= 0.6 is 11.8 Å². The van der Waals surface area contributed by atoms with Crippen molar-refractivity contribution in [3.05, 3.63) is 0 Å².